The molecule has 0 bridgehead atoms. The van der Waals surface area contributed by atoms with Crippen LogP contribution in [0.25, 0.3) is 16.9 Å². The number of amidine groups is 1. The monoisotopic (exact) mass is 237 g/mol. The Hall–Kier alpha value is -2.69. The predicted octanol–water partition coefficient (Wildman–Crippen LogP) is 1.70. The Labute approximate surface area is 103 Å². The van der Waals surface area contributed by atoms with Crippen molar-refractivity contribution in [3.63, 3.8) is 0 Å². The van der Waals surface area contributed by atoms with E-state index in [9.17, 15) is 0 Å². The number of hydrogen-bond donors (Lipinski definition) is 2. The number of pyridine rings is 1. The first-order chi connectivity index (χ1) is 8.75. The zero-order chi connectivity index (χ0) is 12.5. The van der Waals surface area contributed by atoms with E-state index in [4.69, 9.17) is 11.1 Å². The van der Waals surface area contributed by atoms with Crippen LogP contribution in [0.2, 0.25) is 0 Å². The fourth-order valence-electron chi connectivity index (χ4n) is 1.86. The Morgan fingerprint density at radius 3 is 2.78 bits per heavy atom. The molecule has 0 aliphatic heterocycles. The Bertz CT molecular complexity index is 715. The lowest BCUT2D eigenvalue weighted by atomic mass is 10.2. The number of imidazole rings is 1. The van der Waals surface area contributed by atoms with Crippen LogP contribution in [-0.4, -0.2) is 20.4 Å². The maximum atomic E-state index is 7.41. The number of nitrogens with two attached hydrogens (primary N) is 1. The lowest BCUT2D eigenvalue weighted by Gasteiger charge is -2.03. The normalized spacial score (nSPS) is 10.7. The molecule has 1 aromatic carbocycles. The van der Waals surface area contributed by atoms with Gasteiger partial charge in [-0.05, 0) is 30.3 Å². The summed E-state index contributed by atoms with van der Waals surface area (Å²) >= 11 is 0. The molecule has 88 valence electrons. The van der Waals surface area contributed by atoms with Crippen molar-refractivity contribution in [1.82, 2.24) is 14.5 Å². The number of fused-ring (bicyclic) bond motifs is 1. The third-order valence-corrected chi connectivity index (χ3v) is 2.75. The van der Waals surface area contributed by atoms with Gasteiger partial charge in [0, 0.05) is 11.8 Å². The van der Waals surface area contributed by atoms with Gasteiger partial charge >= 0.3 is 0 Å². The van der Waals surface area contributed by atoms with Crippen molar-refractivity contribution in [3.05, 3.63) is 54.5 Å². The van der Waals surface area contributed by atoms with Gasteiger partial charge in [0.25, 0.3) is 0 Å². The summed E-state index contributed by atoms with van der Waals surface area (Å²) in [5.41, 5.74) is 7.88. The molecule has 0 fully saturated rings. The molecule has 0 aliphatic rings. The second kappa shape index (κ2) is 3.96. The third-order valence-electron chi connectivity index (χ3n) is 2.75. The number of rotatable bonds is 2. The summed E-state index contributed by atoms with van der Waals surface area (Å²) in [6.07, 6.45) is 3.46. The SMILES string of the molecule is N=C(N)c1ccc2c(c1)ncn2-c1ccccn1. The van der Waals surface area contributed by atoms with E-state index in [-0.39, 0.29) is 5.84 Å². The number of nitrogens with one attached hydrogen (secondary N) is 1. The lowest BCUT2D eigenvalue weighted by Crippen LogP contribution is -2.10. The van der Waals surface area contributed by atoms with Crippen LogP contribution in [0.15, 0.2) is 48.9 Å². The molecule has 3 N–H and O–H groups in total. The van der Waals surface area contributed by atoms with Gasteiger partial charge in [0.15, 0.2) is 0 Å². The van der Waals surface area contributed by atoms with Crippen LogP contribution in [0.3, 0.4) is 0 Å². The van der Waals surface area contributed by atoms with Gasteiger partial charge in [-0.3, -0.25) is 9.98 Å². The highest BCUT2D eigenvalue weighted by Crippen LogP contribution is 2.17. The summed E-state index contributed by atoms with van der Waals surface area (Å²) in [4.78, 5) is 8.59. The van der Waals surface area contributed by atoms with Gasteiger partial charge in [0.05, 0.1) is 11.0 Å². The molecule has 5 nitrogen and oxygen atoms in total. The molecule has 18 heavy (non-hydrogen) atoms. The molecular weight excluding hydrogens is 226 g/mol. The molecule has 0 saturated heterocycles. The molecule has 3 aromatic rings. The molecule has 5 heteroatoms. The van der Waals surface area contributed by atoms with E-state index in [1.54, 1.807) is 18.6 Å². The maximum Gasteiger partial charge on any atom is 0.138 e. The third kappa shape index (κ3) is 1.62. The van der Waals surface area contributed by atoms with Crippen LogP contribution in [0.5, 0.6) is 0 Å². The Morgan fingerprint density at radius 1 is 1.17 bits per heavy atom. The topological polar surface area (TPSA) is 80.6 Å². The van der Waals surface area contributed by atoms with Crippen molar-refractivity contribution in [1.29, 1.82) is 5.41 Å². The quantitative estimate of drug-likeness (QED) is 0.526. The van der Waals surface area contributed by atoms with Crippen LogP contribution in [0.4, 0.5) is 0 Å². The molecule has 2 heterocycles. The van der Waals surface area contributed by atoms with E-state index in [0.717, 1.165) is 16.9 Å². The number of nitrogen functional groups attached to an aromatic ring is 1. The van der Waals surface area contributed by atoms with Gasteiger partial charge in [-0.25, -0.2) is 9.97 Å². The number of aromatic nitrogens is 3. The fourth-order valence-corrected chi connectivity index (χ4v) is 1.86. The Balaban J connectivity index is 2.19. The highest BCUT2D eigenvalue weighted by Gasteiger charge is 2.06. The second-order valence-corrected chi connectivity index (χ2v) is 3.92. The van der Waals surface area contributed by atoms with Crippen molar-refractivity contribution >= 4 is 16.9 Å². The first-order valence-electron chi connectivity index (χ1n) is 5.48. The summed E-state index contributed by atoms with van der Waals surface area (Å²) in [5.74, 6) is 0.861. The minimum atomic E-state index is 0.0456. The lowest BCUT2D eigenvalue weighted by molar-refractivity contribution is 1.02. The Kier molecular flexibility index (Phi) is 2.30. The molecule has 0 atom stereocenters. The second-order valence-electron chi connectivity index (χ2n) is 3.92. The number of hydrogen-bond acceptors (Lipinski definition) is 3. The molecule has 0 aliphatic carbocycles. The largest absolute Gasteiger partial charge is 0.384 e. The molecule has 0 radical (unpaired) electrons. The van der Waals surface area contributed by atoms with E-state index in [2.05, 4.69) is 9.97 Å². The zero-order valence-electron chi connectivity index (χ0n) is 9.54. The maximum absolute atomic E-state index is 7.41. The van der Waals surface area contributed by atoms with Crippen molar-refractivity contribution in [2.75, 3.05) is 0 Å². The number of benzene rings is 1. The van der Waals surface area contributed by atoms with Crippen LogP contribution in [0, 0.1) is 5.41 Å². The molecule has 2 aromatic heterocycles. The highest BCUT2D eigenvalue weighted by molar-refractivity contribution is 5.98. The van der Waals surface area contributed by atoms with E-state index in [0.29, 0.717) is 5.56 Å². The van der Waals surface area contributed by atoms with Crippen LogP contribution < -0.4 is 5.73 Å². The predicted molar refractivity (Wildman–Crippen MR) is 69.9 cm³/mol. The van der Waals surface area contributed by atoms with E-state index >= 15 is 0 Å². The first-order valence-corrected chi connectivity index (χ1v) is 5.48. The van der Waals surface area contributed by atoms with Gasteiger partial charge in [0.1, 0.15) is 18.0 Å². The van der Waals surface area contributed by atoms with Gasteiger partial charge in [-0.15, -0.1) is 0 Å². The molecular formula is C13H11N5. The molecule has 3 rings (SSSR count). The van der Waals surface area contributed by atoms with Gasteiger partial charge < -0.3 is 5.73 Å². The van der Waals surface area contributed by atoms with Crippen molar-refractivity contribution in [3.8, 4) is 5.82 Å². The van der Waals surface area contributed by atoms with E-state index < -0.39 is 0 Å². The molecule has 0 saturated carbocycles. The average Bonchev–Trinajstić information content (AvgIpc) is 2.82. The fraction of sp³-hybridized carbons (Fsp3) is 0. The summed E-state index contributed by atoms with van der Waals surface area (Å²) in [7, 11) is 0. The van der Waals surface area contributed by atoms with Gasteiger partial charge in [-0.1, -0.05) is 6.07 Å². The van der Waals surface area contributed by atoms with Crippen molar-refractivity contribution in [2.45, 2.75) is 0 Å². The molecule has 0 amide bonds. The summed E-state index contributed by atoms with van der Waals surface area (Å²) in [5, 5.41) is 7.41. The van der Waals surface area contributed by atoms with Gasteiger partial charge in [-0.2, -0.15) is 0 Å². The molecule has 0 unspecified atom stereocenters. The summed E-state index contributed by atoms with van der Waals surface area (Å²) < 4.78 is 1.90. The van der Waals surface area contributed by atoms with Crippen LogP contribution >= 0.6 is 0 Å². The highest BCUT2D eigenvalue weighted by atomic mass is 15.1. The average molecular weight is 237 g/mol. The van der Waals surface area contributed by atoms with Crippen molar-refractivity contribution < 1.29 is 0 Å². The summed E-state index contributed by atoms with van der Waals surface area (Å²) in [6, 6.07) is 11.2. The standard InChI is InChI=1S/C13H11N5/c14-13(15)9-4-5-11-10(7-9)17-8-18(11)12-3-1-2-6-16-12/h1-8H,(H3,14,15). The van der Waals surface area contributed by atoms with Gasteiger partial charge in [0.2, 0.25) is 0 Å². The molecule has 0 spiro atoms. The number of nitrogens with zero attached hydrogens (tertiary/aromatic N) is 3. The summed E-state index contributed by atoms with van der Waals surface area (Å²) in [6.45, 7) is 0. The van der Waals surface area contributed by atoms with E-state index in [1.807, 2.05) is 34.9 Å². The van der Waals surface area contributed by atoms with E-state index in [1.165, 1.54) is 0 Å². The zero-order valence-corrected chi connectivity index (χ0v) is 9.54. The Morgan fingerprint density at radius 2 is 2.06 bits per heavy atom. The first kappa shape index (κ1) is 10.5. The van der Waals surface area contributed by atoms with Crippen LogP contribution in [0.1, 0.15) is 5.56 Å². The smallest absolute Gasteiger partial charge is 0.138 e. The van der Waals surface area contributed by atoms with Crippen molar-refractivity contribution in [2.24, 2.45) is 5.73 Å². The minimum absolute atomic E-state index is 0.0456. The minimum Gasteiger partial charge on any atom is -0.384 e. The van der Waals surface area contributed by atoms with Crippen LogP contribution in [-0.2, 0) is 0 Å².